The van der Waals surface area contributed by atoms with Crippen LogP contribution in [-0.2, 0) is 16.0 Å². The van der Waals surface area contributed by atoms with Crippen LogP contribution in [0.1, 0.15) is 5.01 Å². The van der Waals surface area contributed by atoms with Crippen molar-refractivity contribution in [2.24, 2.45) is 0 Å². The highest BCUT2D eigenvalue weighted by atomic mass is 79.9. The molecule has 0 spiro atoms. The Kier molecular flexibility index (Phi) is 4.50. The van der Waals surface area contributed by atoms with E-state index in [1.807, 2.05) is 22.4 Å². The van der Waals surface area contributed by atoms with Crippen molar-refractivity contribution in [3.63, 3.8) is 0 Å². The molecule has 1 saturated heterocycles. The Morgan fingerprint density at radius 1 is 1.40 bits per heavy atom. The van der Waals surface area contributed by atoms with Crippen LogP contribution in [0.25, 0.3) is 10.6 Å². The lowest BCUT2D eigenvalue weighted by Crippen LogP contribution is -2.41. The normalized spacial score (nSPS) is 15.6. The molecule has 0 aliphatic carbocycles. The van der Waals surface area contributed by atoms with Crippen LogP contribution in [0.4, 0.5) is 0 Å². The van der Waals surface area contributed by atoms with Crippen molar-refractivity contribution in [1.82, 2.24) is 9.88 Å². The van der Waals surface area contributed by atoms with Crippen molar-refractivity contribution in [3.8, 4) is 10.6 Å². The summed E-state index contributed by atoms with van der Waals surface area (Å²) in [4.78, 5) is 19.7. The number of morpholine rings is 1. The van der Waals surface area contributed by atoms with Gasteiger partial charge in [0.25, 0.3) is 0 Å². The monoisotopic (exact) mass is 372 g/mol. The number of ether oxygens (including phenoxy) is 1. The largest absolute Gasteiger partial charge is 0.378 e. The van der Waals surface area contributed by atoms with E-state index < -0.39 is 0 Å². The van der Waals surface area contributed by atoms with Crippen LogP contribution < -0.4 is 0 Å². The topological polar surface area (TPSA) is 42.4 Å². The molecule has 1 amide bonds. The number of carbonyl (C=O) groups excluding carboxylic acids is 1. The van der Waals surface area contributed by atoms with Gasteiger partial charge in [0.2, 0.25) is 5.91 Å². The molecule has 3 rings (SSSR count). The number of hydrogen-bond acceptors (Lipinski definition) is 5. The van der Waals surface area contributed by atoms with Crippen molar-refractivity contribution in [2.45, 2.75) is 6.42 Å². The lowest BCUT2D eigenvalue weighted by Gasteiger charge is -2.26. The summed E-state index contributed by atoms with van der Waals surface area (Å²) < 4.78 is 6.34. The highest BCUT2D eigenvalue weighted by Crippen LogP contribution is 2.32. The van der Waals surface area contributed by atoms with Crippen LogP contribution in [0.5, 0.6) is 0 Å². The first-order chi connectivity index (χ1) is 9.72. The van der Waals surface area contributed by atoms with Crippen LogP contribution in [-0.4, -0.2) is 42.1 Å². The van der Waals surface area contributed by atoms with Gasteiger partial charge in [0.15, 0.2) is 0 Å². The van der Waals surface area contributed by atoms with Gasteiger partial charge in [-0.15, -0.1) is 22.7 Å². The third kappa shape index (κ3) is 3.28. The number of thiazole rings is 1. The lowest BCUT2D eigenvalue weighted by atomic mass is 10.3. The number of amides is 1. The molecule has 1 aliphatic rings. The van der Waals surface area contributed by atoms with Gasteiger partial charge in [-0.1, -0.05) is 0 Å². The number of halogens is 1. The van der Waals surface area contributed by atoms with E-state index in [1.165, 1.54) is 0 Å². The molecule has 0 bridgehead atoms. The zero-order valence-corrected chi connectivity index (χ0v) is 13.9. The van der Waals surface area contributed by atoms with Gasteiger partial charge in [0.05, 0.1) is 34.0 Å². The Hall–Kier alpha value is -0.760. The maximum atomic E-state index is 12.1. The van der Waals surface area contributed by atoms with Crippen molar-refractivity contribution in [1.29, 1.82) is 0 Å². The zero-order valence-electron chi connectivity index (χ0n) is 10.7. The van der Waals surface area contributed by atoms with Gasteiger partial charge in [-0.3, -0.25) is 4.79 Å². The van der Waals surface area contributed by atoms with Crippen LogP contribution >= 0.6 is 38.6 Å². The Morgan fingerprint density at radius 3 is 2.90 bits per heavy atom. The predicted molar refractivity (Wildman–Crippen MR) is 84.2 cm³/mol. The molecular weight excluding hydrogens is 360 g/mol. The van der Waals surface area contributed by atoms with Gasteiger partial charge in [-0.2, -0.15) is 0 Å². The second-order valence-corrected chi connectivity index (χ2v) is 7.81. The average Bonchev–Trinajstić information content (AvgIpc) is 3.09. The molecule has 0 saturated carbocycles. The van der Waals surface area contributed by atoms with Crippen molar-refractivity contribution >= 4 is 44.5 Å². The van der Waals surface area contributed by atoms with E-state index in [0.717, 1.165) is 19.4 Å². The molecule has 0 atom stereocenters. The first kappa shape index (κ1) is 14.2. The maximum absolute atomic E-state index is 12.1. The third-order valence-corrected chi connectivity index (χ3v) is 5.54. The Balaban J connectivity index is 1.66. The van der Waals surface area contributed by atoms with E-state index in [2.05, 4.69) is 20.9 Å². The summed E-state index contributed by atoms with van der Waals surface area (Å²) in [5, 5.41) is 2.89. The van der Waals surface area contributed by atoms with E-state index in [4.69, 9.17) is 4.74 Å². The summed E-state index contributed by atoms with van der Waals surface area (Å²) in [6.07, 6.45) is 0.386. The van der Waals surface area contributed by atoms with Crippen LogP contribution in [0.15, 0.2) is 21.3 Å². The molecule has 106 valence electrons. The molecule has 0 N–H and O–H groups in total. The van der Waals surface area contributed by atoms with Crippen LogP contribution in [0.2, 0.25) is 0 Å². The van der Waals surface area contributed by atoms with Gasteiger partial charge in [-0.05, 0) is 28.1 Å². The molecule has 0 aromatic carbocycles. The van der Waals surface area contributed by atoms with Crippen molar-refractivity contribution in [3.05, 3.63) is 26.3 Å². The summed E-state index contributed by atoms with van der Waals surface area (Å²) in [5.41, 5.74) is 0.954. The molecule has 7 heteroatoms. The molecule has 3 heterocycles. The minimum absolute atomic E-state index is 0.140. The number of aromatic nitrogens is 1. The van der Waals surface area contributed by atoms with Crippen molar-refractivity contribution in [2.75, 3.05) is 26.3 Å². The highest BCUT2D eigenvalue weighted by Gasteiger charge is 2.18. The standard InChI is InChI=1S/C13H13BrN2O2S2/c14-11-2-1-10(20-11)9-8-19-12(15-9)7-13(17)16-3-5-18-6-4-16/h1-2,8H,3-7H2. The van der Waals surface area contributed by atoms with Crippen molar-refractivity contribution < 1.29 is 9.53 Å². The molecular formula is C13H13BrN2O2S2. The maximum Gasteiger partial charge on any atom is 0.229 e. The fourth-order valence-electron chi connectivity index (χ4n) is 2.01. The van der Waals surface area contributed by atoms with Crippen LogP contribution in [0, 0.1) is 0 Å². The Morgan fingerprint density at radius 2 is 2.20 bits per heavy atom. The van der Waals surface area contributed by atoms with E-state index in [9.17, 15) is 4.79 Å². The molecule has 20 heavy (non-hydrogen) atoms. The summed E-state index contributed by atoms with van der Waals surface area (Å²) >= 11 is 6.65. The molecule has 2 aromatic rings. The Labute approximate surface area is 133 Å². The van der Waals surface area contributed by atoms with E-state index in [0.29, 0.717) is 32.7 Å². The Bertz CT molecular complexity index is 605. The van der Waals surface area contributed by atoms with Gasteiger partial charge >= 0.3 is 0 Å². The summed E-state index contributed by atoms with van der Waals surface area (Å²) in [6.45, 7) is 2.65. The smallest absolute Gasteiger partial charge is 0.229 e. The minimum atomic E-state index is 0.140. The molecule has 0 unspecified atom stereocenters. The first-order valence-corrected chi connectivity index (χ1v) is 8.77. The summed E-state index contributed by atoms with van der Waals surface area (Å²) in [6, 6.07) is 4.05. The number of rotatable bonds is 3. The quantitative estimate of drug-likeness (QED) is 0.831. The van der Waals surface area contributed by atoms with E-state index in [1.54, 1.807) is 22.7 Å². The van der Waals surface area contributed by atoms with E-state index in [-0.39, 0.29) is 5.91 Å². The van der Waals surface area contributed by atoms with Gasteiger partial charge < -0.3 is 9.64 Å². The van der Waals surface area contributed by atoms with Crippen LogP contribution in [0.3, 0.4) is 0 Å². The summed E-state index contributed by atoms with van der Waals surface area (Å²) in [5.74, 6) is 0.140. The van der Waals surface area contributed by atoms with Gasteiger partial charge in [0.1, 0.15) is 5.01 Å². The van der Waals surface area contributed by atoms with Gasteiger partial charge in [-0.25, -0.2) is 4.98 Å². The molecule has 1 fully saturated rings. The SMILES string of the molecule is O=C(Cc1nc(-c2ccc(Br)s2)cs1)N1CCOCC1. The second kappa shape index (κ2) is 6.34. The van der Waals surface area contributed by atoms with E-state index >= 15 is 0 Å². The van der Waals surface area contributed by atoms with Gasteiger partial charge in [0, 0.05) is 18.5 Å². The molecule has 4 nitrogen and oxygen atoms in total. The lowest BCUT2D eigenvalue weighted by molar-refractivity contribution is -0.134. The number of thiophene rings is 1. The average molecular weight is 373 g/mol. The fraction of sp³-hybridized carbons (Fsp3) is 0.385. The first-order valence-electron chi connectivity index (χ1n) is 6.28. The number of hydrogen-bond donors (Lipinski definition) is 0. The predicted octanol–water partition coefficient (Wildman–Crippen LogP) is 3.04. The molecule has 0 radical (unpaired) electrons. The molecule has 1 aliphatic heterocycles. The molecule has 2 aromatic heterocycles. The number of nitrogens with zero attached hydrogens (tertiary/aromatic N) is 2. The fourth-order valence-corrected chi connectivity index (χ4v) is 4.22. The minimum Gasteiger partial charge on any atom is -0.378 e. The zero-order chi connectivity index (χ0) is 13.9. The second-order valence-electron chi connectivity index (χ2n) is 4.40. The highest BCUT2D eigenvalue weighted by molar-refractivity contribution is 9.11. The third-order valence-electron chi connectivity index (χ3n) is 3.04. The summed E-state index contributed by atoms with van der Waals surface area (Å²) in [7, 11) is 0. The number of carbonyl (C=O) groups is 1.